The zero-order chi connectivity index (χ0) is 27.2. The Morgan fingerprint density at radius 1 is 1.19 bits per heavy atom. The van der Waals surface area contributed by atoms with Crippen LogP contribution in [0.1, 0.15) is 73.1 Å². The van der Waals surface area contributed by atoms with Crippen LogP contribution in [0, 0.1) is 11.8 Å². The van der Waals surface area contributed by atoms with E-state index in [-0.39, 0.29) is 36.1 Å². The molecule has 0 saturated carbocycles. The normalized spacial score (nSPS) is 22.4. The van der Waals surface area contributed by atoms with Crippen LogP contribution in [0.3, 0.4) is 0 Å². The third-order valence-corrected chi connectivity index (χ3v) is 6.99. The number of likely N-dealkylation sites (tertiary alicyclic amines) is 1. The molecule has 0 spiro atoms. The fourth-order valence-corrected chi connectivity index (χ4v) is 4.79. The van der Waals surface area contributed by atoms with Crippen molar-refractivity contribution in [2.45, 2.75) is 84.9 Å². The second-order valence-electron chi connectivity index (χ2n) is 11.4. The van der Waals surface area contributed by atoms with Crippen LogP contribution in [-0.4, -0.2) is 54.9 Å². The minimum atomic E-state index is -1.07. The first-order valence-electron chi connectivity index (χ1n) is 13.4. The summed E-state index contributed by atoms with van der Waals surface area (Å²) in [6, 6.07) is 0. The molecule has 2 aliphatic carbocycles. The average Bonchev–Trinajstić information content (AvgIpc) is 2.98. The van der Waals surface area contributed by atoms with Gasteiger partial charge in [0.25, 0.3) is 0 Å². The fourth-order valence-electron chi connectivity index (χ4n) is 4.79. The summed E-state index contributed by atoms with van der Waals surface area (Å²) in [7, 11) is 0. The molecule has 3 rings (SSSR count). The van der Waals surface area contributed by atoms with E-state index in [1.807, 2.05) is 33.8 Å². The van der Waals surface area contributed by atoms with E-state index in [0.29, 0.717) is 45.4 Å². The van der Waals surface area contributed by atoms with Gasteiger partial charge in [0.15, 0.2) is 11.6 Å². The summed E-state index contributed by atoms with van der Waals surface area (Å²) >= 11 is 0. The molecule has 0 aromatic rings. The summed E-state index contributed by atoms with van der Waals surface area (Å²) < 4.78 is 39.6. The molecule has 1 fully saturated rings. The highest BCUT2D eigenvalue weighted by Gasteiger charge is 2.28. The van der Waals surface area contributed by atoms with Gasteiger partial charge >= 0.3 is 6.09 Å². The Balaban J connectivity index is 1.51. The van der Waals surface area contributed by atoms with Crippen LogP contribution < -0.4 is 5.32 Å². The predicted octanol–water partition coefficient (Wildman–Crippen LogP) is 6.31. The molecular formula is C29H42F2N2O4. The molecule has 2 atom stereocenters. The number of allylic oxidation sites excluding steroid dienone is 7. The number of halogens is 2. The predicted molar refractivity (Wildman–Crippen MR) is 140 cm³/mol. The number of piperidine rings is 1. The maximum Gasteiger partial charge on any atom is 0.410 e. The highest BCUT2D eigenvalue weighted by Crippen LogP contribution is 2.35. The fraction of sp³-hybridized carbons (Fsp3) is 0.655. The van der Waals surface area contributed by atoms with Gasteiger partial charge in [-0.05, 0) is 102 Å². The van der Waals surface area contributed by atoms with E-state index in [1.165, 1.54) is 6.92 Å². The van der Waals surface area contributed by atoms with Crippen LogP contribution in [0.4, 0.5) is 13.6 Å². The molecule has 206 valence electrons. The number of amides is 2. The number of hydrogen-bond donors (Lipinski definition) is 1. The van der Waals surface area contributed by atoms with Gasteiger partial charge in [0.05, 0.1) is 6.61 Å². The van der Waals surface area contributed by atoms with Crippen molar-refractivity contribution in [3.63, 3.8) is 0 Å². The van der Waals surface area contributed by atoms with Gasteiger partial charge in [-0.25, -0.2) is 13.6 Å². The number of ether oxygens (including phenoxy) is 2. The minimum absolute atomic E-state index is 0.0292. The number of alkyl halides is 1. The lowest BCUT2D eigenvalue weighted by molar-refractivity contribution is -0.125. The first kappa shape index (κ1) is 28.9. The molecule has 1 aliphatic heterocycles. The topological polar surface area (TPSA) is 67.9 Å². The number of nitrogens with one attached hydrogen (secondary N) is 1. The van der Waals surface area contributed by atoms with Gasteiger partial charge in [-0.3, -0.25) is 4.79 Å². The molecule has 1 heterocycles. The van der Waals surface area contributed by atoms with E-state index in [1.54, 1.807) is 17.1 Å². The van der Waals surface area contributed by atoms with Crippen molar-refractivity contribution >= 4 is 12.0 Å². The lowest BCUT2D eigenvalue weighted by Gasteiger charge is -2.33. The molecule has 37 heavy (non-hydrogen) atoms. The molecule has 6 nitrogen and oxygen atoms in total. The van der Waals surface area contributed by atoms with Gasteiger partial charge in [0.1, 0.15) is 11.8 Å². The van der Waals surface area contributed by atoms with Crippen LogP contribution in [0.15, 0.2) is 46.5 Å². The largest absolute Gasteiger partial charge is 0.491 e. The molecule has 3 aliphatic rings. The van der Waals surface area contributed by atoms with Crippen molar-refractivity contribution in [1.29, 1.82) is 0 Å². The Morgan fingerprint density at radius 3 is 2.49 bits per heavy atom. The lowest BCUT2D eigenvalue weighted by atomic mass is 9.84. The van der Waals surface area contributed by atoms with E-state index >= 15 is 4.39 Å². The van der Waals surface area contributed by atoms with Crippen LogP contribution in [-0.2, 0) is 14.3 Å². The molecule has 1 saturated heterocycles. The zero-order valence-electron chi connectivity index (χ0n) is 22.9. The summed E-state index contributed by atoms with van der Waals surface area (Å²) in [5.74, 6) is -0.188. The van der Waals surface area contributed by atoms with Crippen LogP contribution in [0.2, 0.25) is 0 Å². The number of hydrogen-bond acceptors (Lipinski definition) is 4. The third-order valence-electron chi connectivity index (χ3n) is 6.99. The standard InChI is InChI=1S/C29H42F2N2O4/c1-19-6-11-26(36-18-21-12-14-33(15-13-21)28(35)37-29(3,4)5)25(31)16-24(19)22-7-9-23(10-8-22)27(34)32-17-20(2)30/h7,11,16,20-21,23H,6,8-10,12-15,17-18H2,1-5H3,(H,32,34). The summed E-state index contributed by atoms with van der Waals surface area (Å²) in [5, 5.41) is 2.66. The second-order valence-corrected chi connectivity index (χ2v) is 11.4. The number of rotatable bonds is 7. The van der Waals surface area contributed by atoms with Gasteiger partial charge < -0.3 is 19.7 Å². The van der Waals surface area contributed by atoms with Gasteiger partial charge in [-0.1, -0.05) is 11.6 Å². The maximum absolute atomic E-state index is 15.2. The van der Waals surface area contributed by atoms with E-state index < -0.39 is 17.6 Å². The Labute approximate surface area is 219 Å². The number of carbonyl (C=O) groups excluding carboxylic acids is 2. The Bertz CT molecular complexity index is 967. The van der Waals surface area contributed by atoms with Gasteiger partial charge in [0.2, 0.25) is 5.91 Å². The first-order chi connectivity index (χ1) is 17.4. The second kappa shape index (κ2) is 12.7. The van der Waals surface area contributed by atoms with Gasteiger partial charge in [0, 0.05) is 25.6 Å². The highest BCUT2D eigenvalue weighted by atomic mass is 19.1. The molecule has 2 unspecified atom stereocenters. The SMILES string of the molecule is CC1=C(C2=CCC(C(=O)NCC(C)F)CC2)C=C(F)C(OCC2CCN(C(=O)OC(C)(C)C)CC2)=CC1. The maximum atomic E-state index is 15.2. The van der Waals surface area contributed by atoms with Crippen molar-refractivity contribution in [2.75, 3.05) is 26.2 Å². The smallest absolute Gasteiger partial charge is 0.410 e. The lowest BCUT2D eigenvalue weighted by Crippen LogP contribution is -2.42. The van der Waals surface area contributed by atoms with Crippen molar-refractivity contribution in [2.24, 2.45) is 11.8 Å². The number of nitrogens with zero attached hydrogens (tertiary/aromatic N) is 1. The first-order valence-corrected chi connectivity index (χ1v) is 13.4. The molecule has 1 N–H and O–H groups in total. The Kier molecular flexibility index (Phi) is 9.96. The molecule has 2 amide bonds. The summed E-state index contributed by atoms with van der Waals surface area (Å²) in [6.45, 7) is 10.6. The summed E-state index contributed by atoms with van der Waals surface area (Å²) in [5.41, 5.74) is 2.45. The van der Waals surface area contributed by atoms with E-state index in [4.69, 9.17) is 9.47 Å². The van der Waals surface area contributed by atoms with Crippen LogP contribution in [0.25, 0.3) is 0 Å². The third kappa shape index (κ3) is 8.71. The Hall–Kier alpha value is -2.64. The summed E-state index contributed by atoms with van der Waals surface area (Å²) in [6.07, 6.45) is 8.04. The number of carbonyl (C=O) groups is 2. The zero-order valence-corrected chi connectivity index (χ0v) is 22.9. The van der Waals surface area contributed by atoms with Gasteiger partial charge in [-0.15, -0.1) is 0 Å². The molecule has 0 bridgehead atoms. The monoisotopic (exact) mass is 520 g/mol. The van der Waals surface area contributed by atoms with Gasteiger partial charge in [-0.2, -0.15) is 0 Å². The minimum Gasteiger partial charge on any atom is -0.491 e. The Morgan fingerprint density at radius 2 is 1.89 bits per heavy atom. The van der Waals surface area contributed by atoms with Crippen molar-refractivity contribution in [1.82, 2.24) is 10.2 Å². The quantitative estimate of drug-likeness (QED) is 0.427. The van der Waals surface area contributed by atoms with Crippen LogP contribution in [0.5, 0.6) is 0 Å². The molecule has 8 heteroatoms. The molecule has 0 radical (unpaired) electrons. The van der Waals surface area contributed by atoms with E-state index in [0.717, 1.165) is 29.6 Å². The molecule has 0 aromatic heterocycles. The highest BCUT2D eigenvalue weighted by molar-refractivity contribution is 5.79. The van der Waals surface area contributed by atoms with Crippen molar-refractivity contribution in [3.8, 4) is 0 Å². The molecular weight excluding hydrogens is 478 g/mol. The van der Waals surface area contributed by atoms with E-state index in [2.05, 4.69) is 5.32 Å². The molecule has 0 aromatic carbocycles. The van der Waals surface area contributed by atoms with Crippen molar-refractivity contribution < 1.29 is 27.8 Å². The average molecular weight is 521 g/mol. The van der Waals surface area contributed by atoms with Crippen LogP contribution >= 0.6 is 0 Å². The van der Waals surface area contributed by atoms with E-state index in [9.17, 15) is 14.0 Å². The van der Waals surface area contributed by atoms with Crippen molar-refractivity contribution in [3.05, 3.63) is 46.5 Å². The summed E-state index contributed by atoms with van der Waals surface area (Å²) in [4.78, 5) is 26.3.